The van der Waals surface area contributed by atoms with Gasteiger partial charge in [-0.2, -0.15) is 0 Å². The zero-order valence-corrected chi connectivity index (χ0v) is 14.0. The van der Waals surface area contributed by atoms with Crippen molar-refractivity contribution in [3.05, 3.63) is 29.8 Å². The number of carbonyl (C=O) groups is 2. The molecule has 1 fully saturated rings. The zero-order chi connectivity index (χ0) is 17.0. The van der Waals surface area contributed by atoms with Gasteiger partial charge >= 0.3 is 5.97 Å². The van der Waals surface area contributed by atoms with Crippen LogP contribution in [0.5, 0.6) is 5.75 Å². The summed E-state index contributed by atoms with van der Waals surface area (Å²) >= 11 is 0. The minimum Gasteiger partial charge on any atom is -0.497 e. The van der Waals surface area contributed by atoms with Gasteiger partial charge in [0.15, 0.2) is 0 Å². The molecule has 1 heterocycles. The van der Waals surface area contributed by atoms with Crippen molar-refractivity contribution >= 4 is 11.9 Å². The van der Waals surface area contributed by atoms with E-state index in [1.54, 1.807) is 12.0 Å². The van der Waals surface area contributed by atoms with E-state index >= 15 is 0 Å². The molecule has 126 valence electrons. The van der Waals surface area contributed by atoms with Crippen LogP contribution in [0.4, 0.5) is 0 Å². The number of benzene rings is 1. The lowest BCUT2D eigenvalue weighted by atomic mass is 9.89. The molecule has 1 aromatic carbocycles. The number of amides is 1. The average molecular weight is 319 g/mol. The molecule has 3 atom stereocenters. The van der Waals surface area contributed by atoms with Crippen LogP contribution in [0.3, 0.4) is 0 Å². The lowest BCUT2D eigenvalue weighted by Crippen LogP contribution is -2.45. The van der Waals surface area contributed by atoms with Gasteiger partial charge in [0.1, 0.15) is 5.75 Å². The number of aliphatic carboxylic acids is 1. The molecule has 0 spiro atoms. The van der Waals surface area contributed by atoms with Crippen molar-refractivity contribution in [3.63, 3.8) is 0 Å². The summed E-state index contributed by atoms with van der Waals surface area (Å²) in [6.07, 6.45) is 1.04. The molecule has 1 aliphatic rings. The highest BCUT2D eigenvalue weighted by Crippen LogP contribution is 2.26. The summed E-state index contributed by atoms with van der Waals surface area (Å²) in [4.78, 5) is 25.5. The van der Waals surface area contributed by atoms with Gasteiger partial charge in [-0.05, 0) is 36.0 Å². The molecular weight excluding hydrogens is 294 g/mol. The summed E-state index contributed by atoms with van der Waals surface area (Å²) in [5, 5.41) is 9.22. The van der Waals surface area contributed by atoms with Crippen LogP contribution >= 0.6 is 0 Å². The highest BCUT2D eigenvalue weighted by Gasteiger charge is 2.32. The maximum Gasteiger partial charge on any atom is 0.308 e. The summed E-state index contributed by atoms with van der Waals surface area (Å²) < 4.78 is 5.14. The largest absolute Gasteiger partial charge is 0.497 e. The third-order valence-corrected chi connectivity index (χ3v) is 4.53. The average Bonchev–Trinajstić information content (AvgIpc) is 2.54. The molecule has 2 rings (SSSR count). The van der Waals surface area contributed by atoms with Crippen LogP contribution in [0.15, 0.2) is 24.3 Å². The number of ether oxygens (including phenoxy) is 1. The summed E-state index contributed by atoms with van der Waals surface area (Å²) in [5.74, 6) is -0.108. The van der Waals surface area contributed by atoms with Crippen LogP contribution in [0.25, 0.3) is 0 Å². The number of likely N-dealkylation sites (tertiary alicyclic amines) is 1. The molecule has 23 heavy (non-hydrogen) atoms. The molecule has 5 nitrogen and oxygen atoms in total. The number of carboxylic acid groups (broad SMARTS) is 1. The van der Waals surface area contributed by atoms with E-state index in [9.17, 15) is 14.7 Å². The van der Waals surface area contributed by atoms with Gasteiger partial charge in [-0.25, -0.2) is 0 Å². The van der Waals surface area contributed by atoms with E-state index < -0.39 is 11.9 Å². The van der Waals surface area contributed by atoms with Gasteiger partial charge in [0.05, 0.1) is 13.0 Å². The smallest absolute Gasteiger partial charge is 0.308 e. The van der Waals surface area contributed by atoms with E-state index in [2.05, 4.69) is 0 Å². The first kappa shape index (κ1) is 17.3. The second-order valence-electron chi connectivity index (χ2n) is 6.55. The van der Waals surface area contributed by atoms with Gasteiger partial charge in [0.25, 0.3) is 0 Å². The highest BCUT2D eigenvalue weighted by molar-refractivity contribution is 5.78. The van der Waals surface area contributed by atoms with Crippen molar-refractivity contribution in [2.24, 2.45) is 11.8 Å². The fraction of sp³-hybridized carbons (Fsp3) is 0.556. The van der Waals surface area contributed by atoms with E-state index in [0.717, 1.165) is 11.3 Å². The van der Waals surface area contributed by atoms with Gasteiger partial charge in [-0.15, -0.1) is 0 Å². The Labute approximate surface area is 137 Å². The third-order valence-electron chi connectivity index (χ3n) is 4.53. The second kappa shape index (κ2) is 7.49. The molecule has 1 aliphatic heterocycles. The minimum atomic E-state index is -0.808. The predicted octanol–water partition coefficient (Wildman–Crippen LogP) is 2.76. The lowest BCUT2D eigenvalue weighted by Gasteiger charge is -2.35. The van der Waals surface area contributed by atoms with Gasteiger partial charge in [-0.3, -0.25) is 9.59 Å². The normalized spacial score (nSPS) is 22.5. The maximum atomic E-state index is 12.5. The van der Waals surface area contributed by atoms with E-state index in [4.69, 9.17) is 4.74 Å². The number of rotatable bonds is 5. The molecule has 0 radical (unpaired) electrons. The Bertz CT molecular complexity index is 555. The van der Waals surface area contributed by atoms with Crippen LogP contribution in [-0.4, -0.2) is 42.1 Å². The van der Waals surface area contributed by atoms with Crippen LogP contribution in [0, 0.1) is 11.8 Å². The fourth-order valence-electron chi connectivity index (χ4n) is 3.18. The monoisotopic (exact) mass is 319 g/mol. The standard InChI is InChI=1S/C18H25NO4/c1-12-8-15(18(21)22)11-19(10-12)17(20)9-13(2)14-4-6-16(23-3)7-5-14/h4-7,12-13,15H,8-11H2,1-3H3,(H,21,22). The van der Waals surface area contributed by atoms with Crippen LogP contribution < -0.4 is 4.74 Å². The Kier molecular flexibility index (Phi) is 5.64. The molecule has 0 bridgehead atoms. The number of nitrogens with zero attached hydrogens (tertiary/aromatic N) is 1. The van der Waals surface area contributed by atoms with Crippen LogP contribution in [-0.2, 0) is 9.59 Å². The first-order chi connectivity index (χ1) is 10.9. The van der Waals surface area contributed by atoms with E-state index in [1.807, 2.05) is 38.1 Å². The Morgan fingerprint density at radius 1 is 1.30 bits per heavy atom. The van der Waals surface area contributed by atoms with E-state index in [1.165, 1.54) is 0 Å². The van der Waals surface area contributed by atoms with Gasteiger partial charge < -0.3 is 14.7 Å². The molecule has 5 heteroatoms. The van der Waals surface area contributed by atoms with Crippen molar-refractivity contribution in [1.82, 2.24) is 4.90 Å². The minimum absolute atomic E-state index is 0.0334. The molecule has 1 saturated heterocycles. The number of piperidine rings is 1. The maximum absolute atomic E-state index is 12.5. The van der Waals surface area contributed by atoms with Gasteiger partial charge in [0.2, 0.25) is 5.91 Å². The SMILES string of the molecule is COc1ccc(C(C)CC(=O)N2CC(C)CC(C(=O)O)C2)cc1. The summed E-state index contributed by atoms with van der Waals surface area (Å²) in [6, 6.07) is 7.71. The Hall–Kier alpha value is -2.04. The molecule has 1 N–H and O–H groups in total. The number of carbonyl (C=O) groups excluding carboxylic acids is 1. The lowest BCUT2D eigenvalue weighted by molar-refractivity contribution is -0.147. The second-order valence-corrected chi connectivity index (χ2v) is 6.55. The van der Waals surface area contributed by atoms with Crippen molar-refractivity contribution in [2.45, 2.75) is 32.6 Å². The van der Waals surface area contributed by atoms with E-state index in [0.29, 0.717) is 25.9 Å². The number of methoxy groups -OCH3 is 1. The van der Waals surface area contributed by atoms with Crippen molar-refractivity contribution in [2.75, 3.05) is 20.2 Å². The summed E-state index contributed by atoms with van der Waals surface area (Å²) in [5.41, 5.74) is 1.08. The summed E-state index contributed by atoms with van der Waals surface area (Å²) in [6.45, 7) is 5.00. The molecular formula is C18H25NO4. The number of carboxylic acids is 1. The zero-order valence-electron chi connectivity index (χ0n) is 14.0. The summed E-state index contributed by atoms with van der Waals surface area (Å²) in [7, 11) is 1.62. The molecule has 1 aromatic rings. The van der Waals surface area contributed by atoms with Gasteiger partial charge in [0, 0.05) is 19.5 Å². The third kappa shape index (κ3) is 4.47. The van der Waals surface area contributed by atoms with Gasteiger partial charge in [-0.1, -0.05) is 26.0 Å². The molecule has 1 amide bonds. The number of hydrogen-bond donors (Lipinski definition) is 1. The van der Waals surface area contributed by atoms with Crippen molar-refractivity contribution < 1.29 is 19.4 Å². The van der Waals surface area contributed by atoms with Crippen molar-refractivity contribution in [3.8, 4) is 5.75 Å². The Morgan fingerprint density at radius 3 is 2.52 bits per heavy atom. The molecule has 3 unspecified atom stereocenters. The Morgan fingerprint density at radius 2 is 1.96 bits per heavy atom. The van der Waals surface area contributed by atoms with Crippen LogP contribution in [0.2, 0.25) is 0 Å². The molecule has 0 saturated carbocycles. The van der Waals surface area contributed by atoms with Crippen molar-refractivity contribution in [1.29, 1.82) is 0 Å². The fourth-order valence-corrected chi connectivity index (χ4v) is 3.18. The Balaban J connectivity index is 1.98. The predicted molar refractivity (Wildman–Crippen MR) is 87.5 cm³/mol. The van der Waals surface area contributed by atoms with Crippen LogP contribution in [0.1, 0.15) is 38.2 Å². The first-order valence-corrected chi connectivity index (χ1v) is 8.05. The number of hydrogen-bond acceptors (Lipinski definition) is 3. The van der Waals surface area contributed by atoms with E-state index in [-0.39, 0.29) is 17.7 Å². The highest BCUT2D eigenvalue weighted by atomic mass is 16.5. The topological polar surface area (TPSA) is 66.8 Å². The molecule has 0 aliphatic carbocycles. The quantitative estimate of drug-likeness (QED) is 0.906. The molecule has 0 aromatic heterocycles. The first-order valence-electron chi connectivity index (χ1n) is 8.05.